The van der Waals surface area contributed by atoms with E-state index in [4.69, 9.17) is 0 Å². The topological polar surface area (TPSA) is 90.9 Å². The van der Waals surface area contributed by atoms with E-state index < -0.39 is 33.6 Å². The zero-order valence-electron chi connectivity index (χ0n) is 21.0. The molecule has 0 radical (unpaired) electrons. The van der Waals surface area contributed by atoms with E-state index in [0.29, 0.717) is 25.1 Å². The molecule has 2 heterocycles. The third kappa shape index (κ3) is 5.41. The number of carbonyl (C=O) groups is 1. The van der Waals surface area contributed by atoms with Gasteiger partial charge in [-0.15, -0.1) is 0 Å². The quantitative estimate of drug-likeness (QED) is 0.585. The van der Waals surface area contributed by atoms with Gasteiger partial charge in [-0.1, -0.05) is 6.42 Å². The Balaban J connectivity index is 1.39. The highest BCUT2D eigenvalue weighted by Crippen LogP contribution is 2.42. The molecule has 1 saturated heterocycles. The standard InChI is InChI=1S/C25H35F3N4O3S/c1-16-13-20(29-3)14-17(2)21(16)7-12-36(34,35)32-10-8-24(9-11-32)23(33)30-22(31-24)18-5-4-6-19(15-18)25(26,27)28/h13-14,18-19,29H,4-12,15H2,1-3H3,(H,30,31,33). The van der Waals surface area contributed by atoms with E-state index in [1.165, 1.54) is 4.31 Å². The van der Waals surface area contributed by atoms with Crippen molar-refractivity contribution in [3.05, 3.63) is 28.8 Å². The third-order valence-electron chi connectivity index (χ3n) is 8.06. The van der Waals surface area contributed by atoms with Crippen molar-refractivity contribution in [1.29, 1.82) is 0 Å². The number of aryl methyl sites for hydroxylation is 2. The predicted molar refractivity (Wildman–Crippen MR) is 134 cm³/mol. The summed E-state index contributed by atoms with van der Waals surface area (Å²) in [5.41, 5.74) is 2.98. The zero-order chi connectivity index (χ0) is 26.3. The second-order valence-corrected chi connectivity index (χ2v) is 12.5. The molecule has 1 aliphatic carbocycles. The van der Waals surface area contributed by atoms with Crippen LogP contribution in [-0.4, -0.2) is 62.1 Å². The molecule has 4 rings (SSSR count). The van der Waals surface area contributed by atoms with Crippen molar-refractivity contribution in [3.8, 4) is 0 Å². The summed E-state index contributed by atoms with van der Waals surface area (Å²) in [6.07, 6.45) is -2.33. The molecule has 3 aliphatic rings. The fourth-order valence-electron chi connectivity index (χ4n) is 5.84. The summed E-state index contributed by atoms with van der Waals surface area (Å²) in [5.74, 6) is -1.79. The van der Waals surface area contributed by atoms with E-state index in [-0.39, 0.29) is 50.4 Å². The number of halogens is 3. The Morgan fingerprint density at radius 3 is 2.39 bits per heavy atom. The van der Waals surface area contributed by atoms with E-state index in [1.54, 1.807) is 0 Å². The molecule has 1 aromatic carbocycles. The van der Waals surface area contributed by atoms with Gasteiger partial charge in [0.2, 0.25) is 10.0 Å². The summed E-state index contributed by atoms with van der Waals surface area (Å²) < 4.78 is 67.3. The average molecular weight is 529 g/mol. The van der Waals surface area contributed by atoms with Gasteiger partial charge in [-0.05, 0) is 81.2 Å². The molecule has 1 saturated carbocycles. The average Bonchev–Trinajstić information content (AvgIpc) is 3.13. The van der Waals surface area contributed by atoms with Crippen molar-refractivity contribution in [2.24, 2.45) is 16.8 Å². The van der Waals surface area contributed by atoms with Crippen molar-refractivity contribution in [2.75, 3.05) is 31.2 Å². The minimum Gasteiger partial charge on any atom is -0.388 e. The summed E-state index contributed by atoms with van der Waals surface area (Å²) in [4.78, 5) is 17.5. The number of nitrogens with zero attached hydrogens (tertiary/aromatic N) is 2. The lowest BCUT2D eigenvalue weighted by Gasteiger charge is -2.35. The van der Waals surface area contributed by atoms with Crippen LogP contribution in [0.3, 0.4) is 0 Å². The Bertz CT molecular complexity index is 1120. The summed E-state index contributed by atoms with van der Waals surface area (Å²) >= 11 is 0. The van der Waals surface area contributed by atoms with Crippen molar-refractivity contribution >= 4 is 27.5 Å². The second-order valence-electron chi connectivity index (χ2n) is 10.4. The number of hydrogen-bond acceptors (Lipinski definition) is 5. The Morgan fingerprint density at radius 2 is 1.81 bits per heavy atom. The summed E-state index contributed by atoms with van der Waals surface area (Å²) in [5, 5.41) is 5.85. The molecule has 7 nitrogen and oxygen atoms in total. The van der Waals surface area contributed by atoms with Gasteiger partial charge in [0.25, 0.3) is 5.91 Å². The highest BCUT2D eigenvalue weighted by atomic mass is 32.2. The van der Waals surface area contributed by atoms with Gasteiger partial charge in [0.1, 0.15) is 11.4 Å². The molecule has 200 valence electrons. The van der Waals surface area contributed by atoms with E-state index in [0.717, 1.165) is 22.4 Å². The summed E-state index contributed by atoms with van der Waals surface area (Å²) in [6, 6.07) is 3.99. The van der Waals surface area contributed by atoms with Crippen LogP contribution in [0.25, 0.3) is 0 Å². The maximum Gasteiger partial charge on any atom is 0.391 e. The Morgan fingerprint density at radius 1 is 1.17 bits per heavy atom. The second kappa shape index (κ2) is 9.96. The van der Waals surface area contributed by atoms with Crippen molar-refractivity contribution in [2.45, 2.75) is 70.5 Å². The fraction of sp³-hybridized carbons (Fsp3) is 0.680. The molecule has 2 aliphatic heterocycles. The van der Waals surface area contributed by atoms with Gasteiger partial charge in [-0.2, -0.15) is 13.2 Å². The molecule has 2 fully saturated rings. The first kappa shape index (κ1) is 26.9. The molecule has 2 atom stereocenters. The maximum absolute atomic E-state index is 13.2. The van der Waals surface area contributed by atoms with Crippen LogP contribution in [0.5, 0.6) is 0 Å². The first-order chi connectivity index (χ1) is 16.8. The van der Waals surface area contributed by atoms with Crippen LogP contribution in [-0.2, 0) is 21.2 Å². The van der Waals surface area contributed by atoms with Crippen LogP contribution < -0.4 is 10.6 Å². The molecule has 1 aromatic rings. The number of carbonyl (C=O) groups excluding carboxylic acids is 1. The zero-order valence-corrected chi connectivity index (χ0v) is 21.9. The molecule has 2 unspecified atom stereocenters. The number of benzene rings is 1. The lowest BCUT2D eigenvalue weighted by Crippen LogP contribution is -2.51. The molecule has 1 amide bonds. The molecule has 0 aromatic heterocycles. The molecule has 1 spiro atoms. The normalized spacial score (nSPS) is 25.1. The van der Waals surface area contributed by atoms with Gasteiger partial charge in [0, 0.05) is 31.7 Å². The van der Waals surface area contributed by atoms with Gasteiger partial charge < -0.3 is 10.6 Å². The summed E-state index contributed by atoms with van der Waals surface area (Å²) in [6.45, 7) is 4.27. The number of rotatable bonds is 6. The molecule has 0 bridgehead atoms. The molecule has 36 heavy (non-hydrogen) atoms. The van der Waals surface area contributed by atoms with E-state index >= 15 is 0 Å². The maximum atomic E-state index is 13.2. The highest BCUT2D eigenvalue weighted by Gasteiger charge is 2.50. The number of piperidine rings is 1. The molecule has 11 heteroatoms. The van der Waals surface area contributed by atoms with Crippen LogP contribution in [0.4, 0.5) is 18.9 Å². The van der Waals surface area contributed by atoms with Crippen molar-refractivity contribution in [3.63, 3.8) is 0 Å². The van der Waals surface area contributed by atoms with Gasteiger partial charge in [0.05, 0.1) is 11.7 Å². The van der Waals surface area contributed by atoms with Crippen LogP contribution in [0.15, 0.2) is 17.1 Å². The van der Waals surface area contributed by atoms with Crippen LogP contribution in [0.1, 0.15) is 55.2 Å². The number of nitrogens with one attached hydrogen (secondary N) is 2. The van der Waals surface area contributed by atoms with Crippen LogP contribution in [0.2, 0.25) is 0 Å². The lowest BCUT2D eigenvalue weighted by molar-refractivity contribution is -0.183. The SMILES string of the molecule is CNc1cc(C)c(CCS(=O)(=O)N2CCC3(CC2)N=C(C2CCCC(C(F)(F)F)C2)NC3=O)c(C)c1. The first-order valence-electron chi connectivity index (χ1n) is 12.6. The minimum absolute atomic E-state index is 0.0256. The number of sulfonamides is 1. The van der Waals surface area contributed by atoms with Crippen molar-refractivity contribution < 1.29 is 26.4 Å². The number of anilines is 1. The fourth-order valence-corrected chi connectivity index (χ4v) is 7.30. The highest BCUT2D eigenvalue weighted by molar-refractivity contribution is 7.89. The van der Waals surface area contributed by atoms with Gasteiger partial charge >= 0.3 is 6.18 Å². The van der Waals surface area contributed by atoms with Gasteiger partial charge in [-0.25, -0.2) is 12.7 Å². The number of alkyl halides is 3. The number of aliphatic imine (C=N–C) groups is 1. The Kier molecular flexibility index (Phi) is 7.45. The molecule has 2 N–H and O–H groups in total. The molecular weight excluding hydrogens is 493 g/mol. The third-order valence-corrected chi connectivity index (χ3v) is 9.93. The van der Waals surface area contributed by atoms with Crippen LogP contribution >= 0.6 is 0 Å². The number of amidine groups is 1. The predicted octanol–water partition coefficient (Wildman–Crippen LogP) is 3.95. The largest absolute Gasteiger partial charge is 0.391 e. The van der Waals surface area contributed by atoms with E-state index in [9.17, 15) is 26.4 Å². The van der Waals surface area contributed by atoms with E-state index in [1.807, 2.05) is 33.0 Å². The van der Waals surface area contributed by atoms with Crippen molar-refractivity contribution in [1.82, 2.24) is 9.62 Å². The summed E-state index contributed by atoms with van der Waals surface area (Å²) in [7, 11) is -1.70. The number of hydrogen-bond donors (Lipinski definition) is 2. The number of amides is 1. The smallest absolute Gasteiger partial charge is 0.388 e. The Hall–Kier alpha value is -2.14. The monoisotopic (exact) mass is 528 g/mol. The lowest BCUT2D eigenvalue weighted by atomic mass is 9.80. The first-order valence-corrected chi connectivity index (χ1v) is 14.2. The van der Waals surface area contributed by atoms with Gasteiger partial charge in [0.15, 0.2) is 0 Å². The van der Waals surface area contributed by atoms with Crippen LogP contribution in [0, 0.1) is 25.7 Å². The van der Waals surface area contributed by atoms with E-state index in [2.05, 4.69) is 15.6 Å². The molecular formula is C25H35F3N4O3S. The van der Waals surface area contributed by atoms with Gasteiger partial charge in [-0.3, -0.25) is 9.79 Å². The minimum atomic E-state index is -4.24. The Labute approximate surface area is 211 Å².